The van der Waals surface area contributed by atoms with E-state index >= 15 is 13.2 Å². The number of benzene rings is 4. The molecule has 61 heavy (non-hydrogen) atoms. The highest BCUT2D eigenvalue weighted by Crippen LogP contribution is 2.68. The first-order valence-electron chi connectivity index (χ1n) is 18.4. The van der Waals surface area contributed by atoms with Crippen molar-refractivity contribution in [2.24, 2.45) is 5.92 Å². The number of fused-ring (bicyclic) bond motifs is 4. The van der Waals surface area contributed by atoms with Crippen LogP contribution in [-0.4, -0.2) is 44.4 Å². The molecule has 8 rings (SSSR count). The SMILES string of the molecule is CNc1c(-n2c(C(Cc3cc(F)cc(F)c3)NC(=O)Cn3nc(C(F)F)c4c3C(F)(F)[C@@H]3CC43)nc3cc(-c4ccc(F)cc4F)ccc3c2=O)ccc(Cl)c1C(=N)NSC. The van der Waals surface area contributed by atoms with E-state index in [1.54, 1.807) is 6.26 Å². The zero-order valence-electron chi connectivity index (χ0n) is 31.7. The Bertz CT molecular complexity index is 2830. The summed E-state index contributed by atoms with van der Waals surface area (Å²) in [5, 5.41) is 18.0. The Hall–Kier alpha value is -5.95. The molecule has 1 fully saturated rings. The molecule has 4 N–H and O–H groups in total. The summed E-state index contributed by atoms with van der Waals surface area (Å²) in [5.41, 5.74) is -2.57. The van der Waals surface area contributed by atoms with Crippen molar-refractivity contribution in [1.82, 2.24) is 29.4 Å². The number of aromatic nitrogens is 4. The molecule has 2 aromatic heterocycles. The lowest BCUT2D eigenvalue weighted by atomic mass is 10.0. The van der Waals surface area contributed by atoms with Crippen LogP contribution in [0.5, 0.6) is 0 Å². The fourth-order valence-corrected chi connectivity index (χ4v) is 8.65. The van der Waals surface area contributed by atoms with Crippen LogP contribution in [0.4, 0.5) is 40.8 Å². The summed E-state index contributed by atoms with van der Waals surface area (Å²) < 4.78 is 122. The predicted molar refractivity (Wildman–Crippen MR) is 214 cm³/mol. The summed E-state index contributed by atoms with van der Waals surface area (Å²) in [5.74, 6) is -11.0. The molecule has 0 bridgehead atoms. The second-order valence-electron chi connectivity index (χ2n) is 14.5. The van der Waals surface area contributed by atoms with Gasteiger partial charge in [0.05, 0.1) is 38.9 Å². The lowest BCUT2D eigenvalue weighted by molar-refractivity contribution is -0.123. The third kappa shape index (κ3) is 7.47. The van der Waals surface area contributed by atoms with Crippen molar-refractivity contribution in [3.05, 3.63) is 139 Å². The number of carbonyl (C=O) groups is 1. The molecule has 0 aliphatic heterocycles. The maximum atomic E-state index is 15.5. The summed E-state index contributed by atoms with van der Waals surface area (Å²) in [6.45, 7) is -1.01. The molecule has 316 valence electrons. The predicted octanol–water partition coefficient (Wildman–Crippen LogP) is 8.94. The molecule has 2 aliphatic rings. The van der Waals surface area contributed by atoms with Gasteiger partial charge in [-0.3, -0.25) is 24.2 Å². The van der Waals surface area contributed by atoms with Gasteiger partial charge in [-0.15, -0.1) is 0 Å². The zero-order chi connectivity index (χ0) is 43.7. The molecule has 10 nitrogen and oxygen atoms in total. The van der Waals surface area contributed by atoms with E-state index in [0.29, 0.717) is 16.8 Å². The smallest absolute Gasteiger partial charge is 0.293 e. The number of amidine groups is 1. The van der Waals surface area contributed by atoms with E-state index in [1.807, 2.05) is 0 Å². The number of halogens is 9. The van der Waals surface area contributed by atoms with Gasteiger partial charge in [-0.25, -0.2) is 31.3 Å². The lowest BCUT2D eigenvalue weighted by Crippen LogP contribution is -2.38. The highest BCUT2D eigenvalue weighted by Gasteiger charge is 2.67. The second-order valence-corrected chi connectivity index (χ2v) is 15.5. The fourth-order valence-electron chi connectivity index (χ4n) is 8.09. The van der Waals surface area contributed by atoms with Gasteiger partial charge in [0.25, 0.3) is 17.9 Å². The summed E-state index contributed by atoms with van der Waals surface area (Å²) in [4.78, 5) is 33.7. The summed E-state index contributed by atoms with van der Waals surface area (Å²) in [7, 11) is 1.48. The molecule has 0 spiro atoms. The number of carbonyl (C=O) groups excluding carboxylic acids is 1. The van der Waals surface area contributed by atoms with E-state index in [4.69, 9.17) is 22.0 Å². The summed E-state index contributed by atoms with van der Waals surface area (Å²) in [6, 6.07) is 10.7. The van der Waals surface area contributed by atoms with Crippen LogP contribution in [0.3, 0.4) is 0 Å². The van der Waals surface area contributed by atoms with Gasteiger partial charge >= 0.3 is 0 Å². The number of amides is 1. The average Bonchev–Trinajstić information content (AvgIpc) is 3.85. The zero-order valence-corrected chi connectivity index (χ0v) is 33.3. The number of anilines is 1. The number of nitrogens with one attached hydrogen (secondary N) is 4. The van der Waals surface area contributed by atoms with Gasteiger partial charge in [0.2, 0.25) is 5.91 Å². The number of rotatable bonds is 12. The first kappa shape index (κ1) is 41.8. The van der Waals surface area contributed by atoms with E-state index < -0.39 is 89.3 Å². The Kier molecular flexibility index (Phi) is 10.8. The van der Waals surface area contributed by atoms with E-state index in [0.717, 1.165) is 34.7 Å². The maximum absolute atomic E-state index is 15.5. The van der Waals surface area contributed by atoms with Crippen LogP contribution >= 0.6 is 23.5 Å². The first-order chi connectivity index (χ1) is 29.0. The number of hydrogen-bond donors (Lipinski definition) is 4. The summed E-state index contributed by atoms with van der Waals surface area (Å²) >= 11 is 7.66. The van der Waals surface area contributed by atoms with Crippen molar-refractivity contribution in [3.63, 3.8) is 0 Å². The maximum Gasteiger partial charge on any atom is 0.293 e. The van der Waals surface area contributed by atoms with Crippen LogP contribution in [-0.2, 0) is 23.7 Å². The molecule has 2 unspecified atom stereocenters. The largest absolute Gasteiger partial charge is 0.386 e. The standard InChI is InChI=1S/C41H31ClF8N8O2S/c1-52-34-30(8-7-26(42)33(34)38(51)56-61-2)58-39(54-28-12-18(3-5-23(28)40(58)60)22-6-4-19(43)14-27(22)46)29(11-17-9-20(44)13-21(45)10-17)53-31(59)16-57-36-32(35(55-57)37(47)48)24-15-25(24)41(36,49)50/h3-10,12-14,24-25,29,37,52H,11,15-16H2,1-2H3,(H2,51,56)(H,53,59)/t24?,25-,29?/m1/s1. The Morgan fingerprint density at radius 3 is 2.43 bits per heavy atom. The highest BCUT2D eigenvalue weighted by atomic mass is 35.5. The van der Waals surface area contributed by atoms with Crippen LogP contribution in [0.1, 0.15) is 58.7 Å². The highest BCUT2D eigenvalue weighted by molar-refractivity contribution is 7.97. The lowest BCUT2D eigenvalue weighted by Gasteiger charge is -2.25. The number of hydrogen-bond acceptors (Lipinski definition) is 7. The normalized spacial score (nSPS) is 16.7. The fraction of sp³-hybridized carbons (Fsp3) is 0.244. The molecule has 20 heteroatoms. The monoisotopic (exact) mass is 886 g/mol. The van der Waals surface area contributed by atoms with Crippen molar-refractivity contribution < 1.29 is 39.9 Å². The van der Waals surface area contributed by atoms with Crippen molar-refractivity contribution in [3.8, 4) is 16.8 Å². The topological polar surface area (TPSA) is 130 Å². The average molecular weight is 887 g/mol. The van der Waals surface area contributed by atoms with Crippen molar-refractivity contribution >= 4 is 51.9 Å². The Morgan fingerprint density at radius 2 is 1.75 bits per heavy atom. The Balaban J connectivity index is 1.34. The van der Waals surface area contributed by atoms with Gasteiger partial charge in [0.1, 0.15) is 52.9 Å². The molecular weight excluding hydrogens is 856 g/mol. The minimum absolute atomic E-state index is 0.0155. The molecular formula is C41H31ClF8N8O2S. The quantitative estimate of drug-likeness (QED) is 0.0418. The van der Waals surface area contributed by atoms with E-state index in [9.17, 15) is 31.5 Å². The third-order valence-corrected chi connectivity index (χ3v) is 11.4. The summed E-state index contributed by atoms with van der Waals surface area (Å²) in [6.07, 6.45) is -2.07. The molecule has 6 aromatic rings. The molecule has 0 radical (unpaired) electrons. The second kappa shape index (κ2) is 15.8. The molecule has 1 amide bonds. The Morgan fingerprint density at radius 1 is 1.02 bits per heavy atom. The minimum Gasteiger partial charge on any atom is -0.386 e. The third-order valence-electron chi connectivity index (χ3n) is 10.7. The van der Waals surface area contributed by atoms with Gasteiger partial charge in [-0.1, -0.05) is 29.6 Å². The van der Waals surface area contributed by atoms with Crippen molar-refractivity contribution in [2.45, 2.75) is 43.7 Å². The van der Waals surface area contributed by atoms with E-state index in [-0.39, 0.29) is 73.2 Å². The van der Waals surface area contributed by atoms with Gasteiger partial charge in [0.15, 0.2) is 0 Å². The van der Waals surface area contributed by atoms with Crippen LogP contribution in [0.15, 0.2) is 71.5 Å². The van der Waals surface area contributed by atoms with Gasteiger partial charge < -0.3 is 15.4 Å². The van der Waals surface area contributed by atoms with Gasteiger partial charge in [0, 0.05) is 48.9 Å². The van der Waals surface area contributed by atoms with Crippen molar-refractivity contribution in [2.75, 3.05) is 18.6 Å². The number of alkyl halides is 4. The van der Waals surface area contributed by atoms with Crippen LogP contribution in [0.2, 0.25) is 5.02 Å². The molecule has 2 aliphatic carbocycles. The molecule has 4 aromatic carbocycles. The molecule has 3 atom stereocenters. The van der Waals surface area contributed by atoms with Gasteiger partial charge in [-0.2, -0.15) is 13.9 Å². The van der Waals surface area contributed by atoms with Gasteiger partial charge in [-0.05, 0) is 72.0 Å². The molecule has 2 heterocycles. The minimum atomic E-state index is -3.56. The van der Waals surface area contributed by atoms with Crippen LogP contribution in [0, 0.1) is 34.6 Å². The molecule has 1 saturated carbocycles. The van der Waals surface area contributed by atoms with E-state index in [1.165, 1.54) is 43.4 Å². The van der Waals surface area contributed by atoms with Crippen LogP contribution in [0.25, 0.3) is 27.7 Å². The van der Waals surface area contributed by atoms with Crippen LogP contribution < -0.4 is 20.9 Å². The van der Waals surface area contributed by atoms with E-state index in [2.05, 4.69) is 20.5 Å². The Labute approximate surface area is 350 Å². The number of nitrogens with zero attached hydrogens (tertiary/aromatic N) is 4. The molecule has 0 saturated heterocycles. The first-order valence-corrected chi connectivity index (χ1v) is 20.0. The van der Waals surface area contributed by atoms with Crippen molar-refractivity contribution in [1.29, 1.82) is 5.41 Å².